The molecule has 26 heavy (non-hydrogen) atoms. The highest BCUT2D eigenvalue weighted by atomic mass is 19.4. The first-order valence-corrected chi connectivity index (χ1v) is 7.54. The van der Waals surface area contributed by atoms with E-state index in [4.69, 9.17) is 0 Å². The SMILES string of the molecule is C=C(C)C(=O)OC(C(F)C(F)C(F)C(F)C(F)CCCCF)C(F)(F)F. The van der Waals surface area contributed by atoms with Gasteiger partial charge in [0.05, 0.1) is 6.67 Å². The Bertz CT molecular complexity index is 455. The Hall–Kier alpha value is -1.42. The summed E-state index contributed by atoms with van der Waals surface area (Å²) in [5, 5.41) is 0. The molecule has 2 nitrogen and oxygen atoms in total. The lowest BCUT2D eigenvalue weighted by atomic mass is 9.98. The Morgan fingerprint density at radius 2 is 1.46 bits per heavy atom. The van der Waals surface area contributed by atoms with Crippen molar-refractivity contribution in [1.29, 1.82) is 0 Å². The van der Waals surface area contributed by atoms with Crippen LogP contribution in [0.4, 0.5) is 39.5 Å². The van der Waals surface area contributed by atoms with Gasteiger partial charge in [-0.3, -0.25) is 4.39 Å². The van der Waals surface area contributed by atoms with E-state index in [1.54, 1.807) is 0 Å². The predicted octanol–water partition coefficient (Wildman–Crippen LogP) is 4.87. The molecule has 0 aliphatic rings. The van der Waals surface area contributed by atoms with Crippen LogP contribution in [0.3, 0.4) is 0 Å². The minimum absolute atomic E-state index is 0.179. The van der Waals surface area contributed by atoms with E-state index in [0.29, 0.717) is 0 Å². The number of esters is 1. The molecule has 0 fully saturated rings. The first-order chi connectivity index (χ1) is 11.8. The van der Waals surface area contributed by atoms with E-state index >= 15 is 0 Å². The second-order valence-corrected chi connectivity index (χ2v) is 5.63. The zero-order valence-corrected chi connectivity index (χ0v) is 13.7. The van der Waals surface area contributed by atoms with Gasteiger partial charge < -0.3 is 4.74 Å². The molecule has 0 aromatic heterocycles. The van der Waals surface area contributed by atoms with Crippen molar-refractivity contribution in [2.24, 2.45) is 0 Å². The number of rotatable bonds is 11. The van der Waals surface area contributed by atoms with Crippen molar-refractivity contribution in [3.63, 3.8) is 0 Å². The molecule has 6 atom stereocenters. The molecule has 0 radical (unpaired) electrons. The van der Waals surface area contributed by atoms with Gasteiger partial charge in [0.25, 0.3) is 0 Å². The zero-order valence-electron chi connectivity index (χ0n) is 13.7. The van der Waals surface area contributed by atoms with E-state index in [1.807, 2.05) is 0 Å². The highest BCUT2D eigenvalue weighted by Crippen LogP contribution is 2.33. The van der Waals surface area contributed by atoms with E-state index in [-0.39, 0.29) is 12.8 Å². The quantitative estimate of drug-likeness (QED) is 0.213. The average molecular weight is 402 g/mol. The Balaban J connectivity index is 5.11. The summed E-state index contributed by atoms with van der Waals surface area (Å²) in [4.78, 5) is 11.1. The number of halogens is 9. The smallest absolute Gasteiger partial charge is 0.428 e. The number of hydrogen-bond acceptors (Lipinski definition) is 2. The molecule has 0 bridgehead atoms. The van der Waals surface area contributed by atoms with Crippen LogP contribution in [-0.4, -0.2) is 55.8 Å². The van der Waals surface area contributed by atoms with Crippen LogP contribution in [0.25, 0.3) is 0 Å². The molecular formula is C15H19F9O2. The number of ether oxygens (including phenoxy) is 1. The summed E-state index contributed by atoms with van der Waals surface area (Å²) in [5.41, 5.74) is -0.571. The molecule has 0 N–H and O–H groups in total. The maximum absolute atomic E-state index is 13.8. The fourth-order valence-corrected chi connectivity index (χ4v) is 1.84. The third-order valence-electron chi connectivity index (χ3n) is 3.32. The van der Waals surface area contributed by atoms with Crippen LogP contribution >= 0.6 is 0 Å². The van der Waals surface area contributed by atoms with Crippen molar-refractivity contribution in [3.05, 3.63) is 12.2 Å². The van der Waals surface area contributed by atoms with E-state index in [2.05, 4.69) is 11.3 Å². The largest absolute Gasteiger partial charge is 0.446 e. The van der Waals surface area contributed by atoms with E-state index in [1.165, 1.54) is 0 Å². The van der Waals surface area contributed by atoms with Gasteiger partial charge in [-0.05, 0) is 26.2 Å². The molecule has 0 saturated carbocycles. The van der Waals surface area contributed by atoms with Crippen molar-refractivity contribution >= 4 is 5.97 Å². The van der Waals surface area contributed by atoms with Gasteiger partial charge in [-0.1, -0.05) is 6.58 Å². The number of carbonyl (C=O) groups is 1. The highest BCUT2D eigenvalue weighted by molar-refractivity contribution is 5.87. The number of carbonyl (C=O) groups excluding carboxylic acids is 1. The molecule has 0 saturated heterocycles. The molecule has 154 valence electrons. The van der Waals surface area contributed by atoms with Gasteiger partial charge in [-0.25, -0.2) is 26.7 Å². The van der Waals surface area contributed by atoms with Crippen molar-refractivity contribution in [1.82, 2.24) is 0 Å². The van der Waals surface area contributed by atoms with Crippen LogP contribution in [0.2, 0.25) is 0 Å². The Morgan fingerprint density at radius 1 is 0.962 bits per heavy atom. The lowest BCUT2D eigenvalue weighted by Gasteiger charge is -2.28. The van der Waals surface area contributed by atoms with E-state index in [0.717, 1.165) is 6.92 Å². The van der Waals surface area contributed by atoms with Crippen LogP contribution in [0.5, 0.6) is 0 Å². The number of unbranched alkanes of at least 4 members (excludes halogenated alkanes) is 1. The van der Waals surface area contributed by atoms with Crippen molar-refractivity contribution in [2.45, 2.75) is 69.3 Å². The van der Waals surface area contributed by atoms with Gasteiger partial charge in [0, 0.05) is 5.57 Å². The second kappa shape index (κ2) is 10.7. The summed E-state index contributed by atoms with van der Waals surface area (Å²) >= 11 is 0. The summed E-state index contributed by atoms with van der Waals surface area (Å²) in [5.74, 6) is -1.72. The minimum atomic E-state index is -5.63. The van der Waals surface area contributed by atoms with Crippen LogP contribution in [-0.2, 0) is 9.53 Å². The first kappa shape index (κ1) is 24.6. The molecule has 11 heteroatoms. The molecule has 0 spiro atoms. The fraction of sp³-hybridized carbons (Fsp3) is 0.800. The first-order valence-electron chi connectivity index (χ1n) is 7.54. The lowest BCUT2D eigenvalue weighted by Crippen LogP contribution is -2.50. The van der Waals surface area contributed by atoms with Crippen LogP contribution < -0.4 is 0 Å². The monoisotopic (exact) mass is 402 g/mol. The number of hydrogen-bond donors (Lipinski definition) is 0. The molecule has 0 aliphatic heterocycles. The van der Waals surface area contributed by atoms with E-state index < -0.39 is 67.8 Å². The topological polar surface area (TPSA) is 26.3 Å². The Kier molecular flexibility index (Phi) is 10.1. The highest BCUT2D eigenvalue weighted by Gasteiger charge is 2.54. The van der Waals surface area contributed by atoms with Gasteiger partial charge in [-0.2, -0.15) is 13.2 Å². The number of alkyl halides is 9. The molecular weight excluding hydrogens is 383 g/mol. The summed E-state index contributed by atoms with van der Waals surface area (Å²) in [6, 6.07) is 0. The molecule has 6 unspecified atom stereocenters. The summed E-state index contributed by atoms with van der Waals surface area (Å²) < 4.78 is 122. The van der Waals surface area contributed by atoms with E-state index in [9.17, 15) is 44.3 Å². The second-order valence-electron chi connectivity index (χ2n) is 5.63. The summed E-state index contributed by atoms with van der Waals surface area (Å²) in [7, 11) is 0. The third kappa shape index (κ3) is 7.45. The Labute approximate surface area is 144 Å². The van der Waals surface area contributed by atoms with Gasteiger partial charge in [0.2, 0.25) is 6.10 Å². The predicted molar refractivity (Wildman–Crippen MR) is 75.1 cm³/mol. The molecule has 0 aromatic rings. The maximum Gasteiger partial charge on any atom is 0.428 e. The molecule has 0 heterocycles. The minimum Gasteiger partial charge on any atom is -0.446 e. The van der Waals surface area contributed by atoms with Gasteiger partial charge in [0.1, 0.15) is 6.17 Å². The molecule has 0 aromatic carbocycles. The molecule has 0 aliphatic carbocycles. The normalized spacial score (nSPS) is 19.2. The maximum atomic E-state index is 13.8. The summed E-state index contributed by atoms with van der Waals surface area (Å²) in [6.07, 6.45) is -27.6. The summed E-state index contributed by atoms with van der Waals surface area (Å²) in [6.45, 7) is 3.02. The standard InChI is InChI=1S/C15H19F9O2/c1-7(2)14(25)26-13(15(22,23)24)12(21)11(20)10(19)9(18)8(17)5-3-4-6-16/h8-13H,1,3-6H2,2H3. The van der Waals surface area contributed by atoms with Gasteiger partial charge in [0.15, 0.2) is 24.7 Å². The van der Waals surface area contributed by atoms with Gasteiger partial charge in [-0.15, -0.1) is 0 Å². The van der Waals surface area contributed by atoms with Crippen molar-refractivity contribution in [3.8, 4) is 0 Å². The fourth-order valence-electron chi connectivity index (χ4n) is 1.84. The van der Waals surface area contributed by atoms with Crippen LogP contribution in [0, 0.1) is 0 Å². The van der Waals surface area contributed by atoms with Crippen LogP contribution in [0.1, 0.15) is 26.2 Å². The van der Waals surface area contributed by atoms with Gasteiger partial charge >= 0.3 is 12.1 Å². The van der Waals surface area contributed by atoms with Crippen molar-refractivity contribution < 1.29 is 49.0 Å². The lowest BCUT2D eigenvalue weighted by molar-refractivity contribution is -0.241. The van der Waals surface area contributed by atoms with Crippen molar-refractivity contribution in [2.75, 3.05) is 6.67 Å². The molecule has 0 rings (SSSR count). The average Bonchev–Trinajstić information content (AvgIpc) is 2.55. The van der Waals surface area contributed by atoms with Crippen LogP contribution in [0.15, 0.2) is 12.2 Å². The third-order valence-corrected chi connectivity index (χ3v) is 3.32. The zero-order chi connectivity index (χ0) is 20.7. The Morgan fingerprint density at radius 3 is 1.88 bits per heavy atom. The molecule has 0 amide bonds.